The molecule has 6 heteroatoms. The van der Waals surface area contributed by atoms with E-state index in [-0.39, 0.29) is 11.9 Å². The third-order valence-electron chi connectivity index (χ3n) is 4.92. The molecule has 130 valence electrons. The SMILES string of the molecule is CCn1c(SCC(=O)N2CCn3cccc3C2C)nc2ccccc21. The number of carbonyl (C=O) groups is 1. The van der Waals surface area contributed by atoms with Crippen molar-refractivity contribution in [2.45, 2.75) is 38.1 Å². The highest BCUT2D eigenvalue weighted by atomic mass is 32.2. The number of aryl methyl sites for hydroxylation is 1. The fourth-order valence-corrected chi connectivity index (χ4v) is 4.56. The van der Waals surface area contributed by atoms with E-state index in [0.717, 1.165) is 35.8 Å². The highest BCUT2D eigenvalue weighted by molar-refractivity contribution is 7.99. The summed E-state index contributed by atoms with van der Waals surface area (Å²) in [7, 11) is 0. The molecule has 1 unspecified atom stereocenters. The Morgan fingerprint density at radius 1 is 1.24 bits per heavy atom. The van der Waals surface area contributed by atoms with Gasteiger partial charge >= 0.3 is 0 Å². The van der Waals surface area contributed by atoms with Crippen LogP contribution in [0.25, 0.3) is 11.0 Å². The zero-order valence-corrected chi connectivity index (χ0v) is 15.4. The number of benzene rings is 1. The molecule has 0 bridgehead atoms. The number of para-hydroxylation sites is 2. The van der Waals surface area contributed by atoms with Gasteiger partial charge in [0.1, 0.15) is 0 Å². The molecule has 1 aliphatic rings. The van der Waals surface area contributed by atoms with Gasteiger partial charge in [0.05, 0.1) is 22.8 Å². The molecule has 1 aliphatic heterocycles. The van der Waals surface area contributed by atoms with Crippen molar-refractivity contribution in [1.82, 2.24) is 19.0 Å². The normalized spacial score (nSPS) is 17.0. The molecule has 25 heavy (non-hydrogen) atoms. The third-order valence-corrected chi connectivity index (χ3v) is 5.88. The van der Waals surface area contributed by atoms with Gasteiger partial charge < -0.3 is 14.0 Å². The van der Waals surface area contributed by atoms with Crippen molar-refractivity contribution < 1.29 is 4.79 Å². The van der Waals surface area contributed by atoms with E-state index in [9.17, 15) is 4.79 Å². The predicted molar refractivity (Wildman–Crippen MR) is 101 cm³/mol. The number of carbonyl (C=O) groups excluding carboxylic acids is 1. The van der Waals surface area contributed by atoms with Gasteiger partial charge in [0.15, 0.2) is 5.16 Å². The summed E-state index contributed by atoms with van der Waals surface area (Å²) in [6.45, 7) is 6.71. The molecule has 0 radical (unpaired) electrons. The Morgan fingerprint density at radius 3 is 2.92 bits per heavy atom. The van der Waals surface area contributed by atoms with E-state index >= 15 is 0 Å². The molecule has 3 aromatic rings. The molecule has 4 rings (SSSR count). The Kier molecular flexibility index (Phi) is 4.29. The maximum absolute atomic E-state index is 12.8. The summed E-state index contributed by atoms with van der Waals surface area (Å²) in [5, 5.41) is 0.921. The van der Waals surface area contributed by atoms with Gasteiger partial charge in [-0.25, -0.2) is 4.98 Å². The number of hydrogen-bond acceptors (Lipinski definition) is 3. The molecule has 5 nitrogen and oxygen atoms in total. The van der Waals surface area contributed by atoms with Gasteiger partial charge in [-0.2, -0.15) is 0 Å². The Bertz CT molecular complexity index is 913. The van der Waals surface area contributed by atoms with Crippen LogP contribution in [0.4, 0.5) is 0 Å². The van der Waals surface area contributed by atoms with Crippen molar-refractivity contribution in [3.8, 4) is 0 Å². The maximum atomic E-state index is 12.8. The van der Waals surface area contributed by atoms with Gasteiger partial charge in [-0.15, -0.1) is 0 Å². The topological polar surface area (TPSA) is 43.1 Å². The average Bonchev–Trinajstić information content (AvgIpc) is 3.24. The zero-order chi connectivity index (χ0) is 17.4. The van der Waals surface area contributed by atoms with Crippen molar-refractivity contribution in [2.24, 2.45) is 0 Å². The number of amides is 1. The molecule has 2 aromatic heterocycles. The van der Waals surface area contributed by atoms with Crippen LogP contribution in [-0.4, -0.2) is 37.2 Å². The summed E-state index contributed by atoms with van der Waals surface area (Å²) in [6.07, 6.45) is 2.09. The molecule has 1 aromatic carbocycles. The minimum absolute atomic E-state index is 0.127. The van der Waals surface area contributed by atoms with Gasteiger partial charge in [-0.1, -0.05) is 23.9 Å². The van der Waals surface area contributed by atoms with Gasteiger partial charge in [-0.3, -0.25) is 4.79 Å². The largest absolute Gasteiger partial charge is 0.348 e. The second-order valence-corrected chi connectivity index (χ2v) is 7.25. The Labute approximate surface area is 151 Å². The Balaban J connectivity index is 1.49. The van der Waals surface area contributed by atoms with Gasteiger partial charge in [0.25, 0.3) is 0 Å². The van der Waals surface area contributed by atoms with Crippen LogP contribution in [0.3, 0.4) is 0 Å². The number of aromatic nitrogens is 3. The first-order valence-electron chi connectivity index (χ1n) is 8.71. The first-order valence-corrected chi connectivity index (χ1v) is 9.70. The maximum Gasteiger partial charge on any atom is 0.233 e. The smallest absolute Gasteiger partial charge is 0.233 e. The van der Waals surface area contributed by atoms with Crippen molar-refractivity contribution in [3.63, 3.8) is 0 Å². The van der Waals surface area contributed by atoms with E-state index in [0.29, 0.717) is 5.75 Å². The highest BCUT2D eigenvalue weighted by Gasteiger charge is 2.27. The van der Waals surface area contributed by atoms with Crippen LogP contribution < -0.4 is 0 Å². The minimum Gasteiger partial charge on any atom is -0.348 e. The quantitative estimate of drug-likeness (QED) is 0.673. The highest BCUT2D eigenvalue weighted by Crippen LogP contribution is 2.28. The van der Waals surface area contributed by atoms with Crippen LogP contribution in [0.5, 0.6) is 0 Å². The van der Waals surface area contributed by atoms with E-state index < -0.39 is 0 Å². The Morgan fingerprint density at radius 2 is 2.08 bits per heavy atom. The lowest BCUT2D eigenvalue weighted by Gasteiger charge is -2.34. The van der Waals surface area contributed by atoms with Crippen molar-refractivity contribution in [2.75, 3.05) is 12.3 Å². The molecular weight excluding hydrogens is 332 g/mol. The van der Waals surface area contributed by atoms with Gasteiger partial charge in [0.2, 0.25) is 5.91 Å². The van der Waals surface area contributed by atoms with Crippen LogP contribution in [0.2, 0.25) is 0 Å². The summed E-state index contributed by atoms with van der Waals surface area (Å²) in [5.74, 6) is 0.605. The molecule has 0 N–H and O–H groups in total. The van der Waals surface area contributed by atoms with Crippen LogP contribution in [0.1, 0.15) is 25.6 Å². The molecule has 0 saturated heterocycles. The number of imidazole rings is 1. The number of fused-ring (bicyclic) bond motifs is 2. The molecule has 1 atom stereocenters. The number of nitrogens with zero attached hydrogens (tertiary/aromatic N) is 4. The molecule has 0 spiro atoms. The molecule has 0 aliphatic carbocycles. The summed E-state index contributed by atoms with van der Waals surface area (Å²) in [4.78, 5) is 19.5. The van der Waals surface area contributed by atoms with E-state index in [4.69, 9.17) is 4.98 Å². The van der Waals surface area contributed by atoms with E-state index in [1.807, 2.05) is 23.1 Å². The second-order valence-electron chi connectivity index (χ2n) is 6.31. The molecule has 3 heterocycles. The van der Waals surface area contributed by atoms with E-state index in [1.165, 1.54) is 17.5 Å². The monoisotopic (exact) mass is 354 g/mol. The molecule has 1 amide bonds. The molecular formula is C19H22N4OS. The van der Waals surface area contributed by atoms with Gasteiger partial charge in [0, 0.05) is 31.5 Å². The van der Waals surface area contributed by atoms with Crippen LogP contribution in [-0.2, 0) is 17.9 Å². The van der Waals surface area contributed by atoms with Crippen LogP contribution in [0.15, 0.2) is 47.8 Å². The second kappa shape index (κ2) is 6.59. The molecule has 0 fully saturated rings. The lowest BCUT2D eigenvalue weighted by atomic mass is 10.1. The third kappa shape index (κ3) is 2.84. The van der Waals surface area contributed by atoms with Crippen molar-refractivity contribution >= 4 is 28.7 Å². The number of rotatable bonds is 4. The molecule has 0 saturated carbocycles. The van der Waals surface area contributed by atoms with E-state index in [2.05, 4.69) is 47.4 Å². The standard InChI is InChI=1S/C19H22N4OS/c1-3-22-17-8-5-4-7-15(17)20-19(22)25-13-18(24)23-12-11-21-10-6-9-16(21)14(23)2/h4-10,14H,3,11-13H2,1-2H3. The van der Waals surface area contributed by atoms with Crippen LogP contribution in [0, 0.1) is 0 Å². The first-order chi connectivity index (χ1) is 12.2. The lowest BCUT2D eigenvalue weighted by molar-refractivity contribution is -0.131. The fraction of sp³-hybridized carbons (Fsp3) is 0.368. The van der Waals surface area contributed by atoms with Gasteiger partial charge in [-0.05, 0) is 38.1 Å². The van der Waals surface area contributed by atoms with Crippen LogP contribution >= 0.6 is 11.8 Å². The number of hydrogen-bond donors (Lipinski definition) is 0. The number of thioether (sulfide) groups is 1. The minimum atomic E-state index is 0.127. The predicted octanol–water partition coefficient (Wildman–Crippen LogP) is 3.55. The summed E-state index contributed by atoms with van der Waals surface area (Å²) in [6, 6.07) is 12.4. The van der Waals surface area contributed by atoms with E-state index in [1.54, 1.807) is 0 Å². The Hall–Kier alpha value is -2.21. The summed E-state index contributed by atoms with van der Waals surface area (Å²) in [5.41, 5.74) is 3.33. The first kappa shape index (κ1) is 16.3. The average molecular weight is 354 g/mol. The zero-order valence-electron chi connectivity index (χ0n) is 14.6. The summed E-state index contributed by atoms with van der Waals surface area (Å²) >= 11 is 1.54. The summed E-state index contributed by atoms with van der Waals surface area (Å²) < 4.78 is 4.41. The van der Waals surface area contributed by atoms with Crippen molar-refractivity contribution in [3.05, 3.63) is 48.3 Å². The van der Waals surface area contributed by atoms with Crippen molar-refractivity contribution in [1.29, 1.82) is 0 Å². The lowest BCUT2D eigenvalue weighted by Crippen LogP contribution is -2.41. The fourth-order valence-electron chi connectivity index (χ4n) is 3.60.